The third-order valence-electron chi connectivity index (χ3n) is 2.61. The average Bonchev–Trinajstić information content (AvgIpc) is 2.43. The normalized spacial score (nSPS) is 10.2. The molecule has 0 aromatic heterocycles. The molecule has 0 spiro atoms. The second kappa shape index (κ2) is 6.19. The number of anilines is 1. The Labute approximate surface area is 132 Å². The number of amides is 1. The van der Waals surface area contributed by atoms with Crippen molar-refractivity contribution in [2.45, 2.75) is 0 Å². The Morgan fingerprint density at radius 3 is 2.67 bits per heavy atom. The average molecular weight is 374 g/mol. The maximum Gasteiger partial charge on any atom is 0.304 e. The lowest BCUT2D eigenvalue weighted by molar-refractivity contribution is -0.387. The summed E-state index contributed by atoms with van der Waals surface area (Å²) in [4.78, 5) is 21.7. The molecule has 0 unspecified atom stereocenters. The fourth-order valence-corrected chi connectivity index (χ4v) is 2.13. The zero-order valence-corrected chi connectivity index (χ0v) is 12.6. The number of nitro benzene ring substituents is 1. The number of rotatable bonds is 3. The van der Waals surface area contributed by atoms with Gasteiger partial charge in [0.2, 0.25) is 5.82 Å². The maximum atomic E-state index is 13.5. The molecule has 0 radical (unpaired) electrons. The lowest BCUT2D eigenvalue weighted by Crippen LogP contribution is -2.13. The number of hydrogen-bond acceptors (Lipinski definition) is 3. The fraction of sp³-hybridized carbons (Fsp3) is 0. The van der Waals surface area contributed by atoms with Crippen LogP contribution in [-0.2, 0) is 0 Å². The zero-order chi connectivity index (χ0) is 15.6. The van der Waals surface area contributed by atoms with Gasteiger partial charge in [-0.15, -0.1) is 0 Å². The van der Waals surface area contributed by atoms with E-state index in [2.05, 4.69) is 21.2 Å². The van der Waals surface area contributed by atoms with Crippen LogP contribution in [0, 0.1) is 15.9 Å². The van der Waals surface area contributed by atoms with Gasteiger partial charge in [-0.05, 0) is 40.2 Å². The van der Waals surface area contributed by atoms with Crippen LogP contribution in [0.3, 0.4) is 0 Å². The number of nitro groups is 1. The number of carbonyl (C=O) groups excluding carboxylic acids is 1. The fourth-order valence-electron chi connectivity index (χ4n) is 1.59. The first-order valence-electron chi connectivity index (χ1n) is 5.59. The van der Waals surface area contributed by atoms with E-state index in [0.29, 0.717) is 15.2 Å². The maximum absolute atomic E-state index is 13.5. The van der Waals surface area contributed by atoms with Crippen LogP contribution in [0.1, 0.15) is 10.4 Å². The Bertz CT molecular complexity index is 739. The van der Waals surface area contributed by atoms with Crippen molar-refractivity contribution >= 4 is 44.8 Å². The number of benzene rings is 2. The largest absolute Gasteiger partial charge is 0.321 e. The SMILES string of the molecule is O=C(Nc1cccc(Cl)c1Br)c1ccc([N+](=O)[O-])c(F)c1. The number of carbonyl (C=O) groups is 1. The molecule has 2 aromatic rings. The van der Waals surface area contributed by atoms with Crippen molar-refractivity contribution in [2.75, 3.05) is 5.32 Å². The topological polar surface area (TPSA) is 72.2 Å². The lowest BCUT2D eigenvalue weighted by atomic mass is 10.2. The third kappa shape index (κ3) is 3.37. The molecule has 0 heterocycles. The standard InChI is InChI=1S/C13H7BrClFN2O3/c14-12-8(15)2-1-3-10(12)17-13(19)7-4-5-11(18(20)21)9(16)6-7/h1-6H,(H,17,19). The highest BCUT2D eigenvalue weighted by atomic mass is 79.9. The molecule has 21 heavy (non-hydrogen) atoms. The molecular formula is C13H7BrClFN2O3. The van der Waals surface area contributed by atoms with E-state index in [1.165, 1.54) is 6.07 Å². The molecule has 0 aliphatic rings. The number of nitrogens with one attached hydrogen (secondary N) is 1. The number of halogens is 3. The number of hydrogen-bond donors (Lipinski definition) is 1. The first-order valence-corrected chi connectivity index (χ1v) is 6.76. The molecule has 1 N–H and O–H groups in total. The molecular weight excluding hydrogens is 367 g/mol. The van der Waals surface area contributed by atoms with Crippen LogP contribution in [0.2, 0.25) is 5.02 Å². The van der Waals surface area contributed by atoms with Gasteiger partial charge in [-0.1, -0.05) is 17.7 Å². The molecule has 2 rings (SSSR count). The predicted molar refractivity (Wildman–Crippen MR) is 80.2 cm³/mol. The van der Waals surface area contributed by atoms with Gasteiger partial charge in [0.15, 0.2) is 0 Å². The molecule has 2 aromatic carbocycles. The zero-order valence-electron chi connectivity index (χ0n) is 10.3. The predicted octanol–water partition coefficient (Wildman–Crippen LogP) is 4.40. The van der Waals surface area contributed by atoms with Gasteiger partial charge in [0.25, 0.3) is 5.91 Å². The highest BCUT2D eigenvalue weighted by Crippen LogP contribution is 2.30. The Morgan fingerprint density at radius 2 is 2.05 bits per heavy atom. The Morgan fingerprint density at radius 1 is 1.33 bits per heavy atom. The van der Waals surface area contributed by atoms with E-state index >= 15 is 0 Å². The first kappa shape index (κ1) is 15.4. The van der Waals surface area contributed by atoms with Gasteiger partial charge >= 0.3 is 5.69 Å². The molecule has 0 atom stereocenters. The van der Waals surface area contributed by atoms with Crippen molar-refractivity contribution in [3.05, 3.63) is 67.4 Å². The summed E-state index contributed by atoms with van der Waals surface area (Å²) in [7, 11) is 0. The highest BCUT2D eigenvalue weighted by molar-refractivity contribution is 9.10. The van der Waals surface area contributed by atoms with Crippen molar-refractivity contribution in [3.63, 3.8) is 0 Å². The molecule has 0 aliphatic carbocycles. The van der Waals surface area contributed by atoms with E-state index in [9.17, 15) is 19.3 Å². The van der Waals surface area contributed by atoms with Crippen LogP contribution in [0.15, 0.2) is 40.9 Å². The lowest BCUT2D eigenvalue weighted by Gasteiger charge is -2.08. The van der Waals surface area contributed by atoms with E-state index < -0.39 is 22.3 Å². The summed E-state index contributed by atoms with van der Waals surface area (Å²) in [5.41, 5.74) is -0.313. The monoisotopic (exact) mass is 372 g/mol. The summed E-state index contributed by atoms with van der Waals surface area (Å²) in [5.74, 6) is -1.68. The van der Waals surface area contributed by atoms with Crippen molar-refractivity contribution in [1.29, 1.82) is 0 Å². The summed E-state index contributed by atoms with van der Waals surface area (Å²) >= 11 is 9.11. The van der Waals surface area contributed by atoms with Crippen LogP contribution < -0.4 is 5.32 Å². The van der Waals surface area contributed by atoms with Crippen molar-refractivity contribution in [1.82, 2.24) is 0 Å². The molecule has 5 nitrogen and oxygen atoms in total. The van der Waals surface area contributed by atoms with E-state index in [-0.39, 0.29) is 5.56 Å². The van der Waals surface area contributed by atoms with Gasteiger partial charge in [-0.3, -0.25) is 14.9 Å². The molecule has 0 aliphatic heterocycles. The van der Waals surface area contributed by atoms with Crippen molar-refractivity contribution in [2.24, 2.45) is 0 Å². The van der Waals surface area contributed by atoms with Gasteiger partial charge < -0.3 is 5.32 Å². The van der Waals surface area contributed by atoms with E-state index in [0.717, 1.165) is 12.1 Å². The van der Waals surface area contributed by atoms with Crippen LogP contribution >= 0.6 is 27.5 Å². The smallest absolute Gasteiger partial charge is 0.304 e. The second-order valence-electron chi connectivity index (χ2n) is 3.98. The molecule has 0 saturated heterocycles. The highest BCUT2D eigenvalue weighted by Gasteiger charge is 2.17. The van der Waals surface area contributed by atoms with Crippen molar-refractivity contribution < 1.29 is 14.1 Å². The Balaban J connectivity index is 2.27. The van der Waals surface area contributed by atoms with Gasteiger partial charge in [0, 0.05) is 11.6 Å². The quantitative estimate of drug-likeness (QED) is 0.640. The minimum absolute atomic E-state index is 0.0371. The summed E-state index contributed by atoms with van der Waals surface area (Å²) < 4.78 is 14.0. The van der Waals surface area contributed by atoms with E-state index in [4.69, 9.17) is 11.6 Å². The molecule has 1 amide bonds. The van der Waals surface area contributed by atoms with Gasteiger partial charge in [-0.25, -0.2) is 0 Å². The Hall–Kier alpha value is -1.99. The minimum Gasteiger partial charge on any atom is -0.321 e. The third-order valence-corrected chi connectivity index (χ3v) is 4.00. The van der Waals surface area contributed by atoms with Gasteiger partial charge in [0.1, 0.15) is 0 Å². The van der Waals surface area contributed by atoms with Crippen LogP contribution in [0.25, 0.3) is 0 Å². The molecule has 0 bridgehead atoms. The van der Waals surface area contributed by atoms with Crippen LogP contribution in [0.4, 0.5) is 15.8 Å². The Kier molecular flexibility index (Phi) is 4.54. The van der Waals surface area contributed by atoms with E-state index in [1.807, 2.05) is 0 Å². The van der Waals surface area contributed by atoms with Crippen molar-refractivity contribution in [3.8, 4) is 0 Å². The van der Waals surface area contributed by atoms with E-state index in [1.54, 1.807) is 18.2 Å². The summed E-state index contributed by atoms with van der Waals surface area (Å²) in [6, 6.07) is 7.81. The molecule has 8 heteroatoms. The summed E-state index contributed by atoms with van der Waals surface area (Å²) in [5, 5.41) is 13.5. The first-order chi connectivity index (χ1) is 9.90. The molecule has 0 saturated carbocycles. The van der Waals surface area contributed by atoms with Crippen LogP contribution in [-0.4, -0.2) is 10.8 Å². The number of nitrogens with zero attached hydrogens (tertiary/aromatic N) is 1. The molecule has 108 valence electrons. The molecule has 0 fully saturated rings. The van der Waals surface area contributed by atoms with Crippen LogP contribution in [0.5, 0.6) is 0 Å². The summed E-state index contributed by atoms with van der Waals surface area (Å²) in [6.07, 6.45) is 0. The second-order valence-corrected chi connectivity index (χ2v) is 5.18. The van der Waals surface area contributed by atoms with Gasteiger partial charge in [0.05, 0.1) is 20.1 Å². The summed E-state index contributed by atoms with van der Waals surface area (Å²) in [6.45, 7) is 0. The van der Waals surface area contributed by atoms with Gasteiger partial charge in [-0.2, -0.15) is 4.39 Å². The minimum atomic E-state index is -1.07.